The van der Waals surface area contributed by atoms with E-state index in [2.05, 4.69) is 56.0 Å². The van der Waals surface area contributed by atoms with E-state index in [4.69, 9.17) is 5.26 Å². The lowest BCUT2D eigenvalue weighted by molar-refractivity contribution is 0.138. The molecule has 1 rings (SSSR count). The highest BCUT2D eigenvalue weighted by Gasteiger charge is 2.23. The monoisotopic (exact) mass is 258 g/mol. The summed E-state index contributed by atoms with van der Waals surface area (Å²) in [6.45, 7) is 7.78. The van der Waals surface area contributed by atoms with Crippen molar-refractivity contribution < 1.29 is 0 Å². The molecular formula is C17H26N2. The van der Waals surface area contributed by atoms with Crippen molar-refractivity contribution in [2.24, 2.45) is 0 Å². The maximum Gasteiger partial charge on any atom is 0.0641 e. The average Bonchev–Trinajstić information content (AvgIpc) is 2.47. The standard InChI is InChI=1S/C17H26N2/c1-4-6-14-19(15(3)5-2)17(12-13-18)16-10-8-7-9-11-16/h7-11,15,17H,4-6,12,14H2,1-3H3. The van der Waals surface area contributed by atoms with Crippen LogP contribution in [-0.2, 0) is 0 Å². The minimum atomic E-state index is 0.229. The SMILES string of the molecule is CCCCN(C(C)CC)C(CC#N)c1ccccc1. The van der Waals surface area contributed by atoms with Crippen molar-refractivity contribution in [2.45, 2.75) is 58.5 Å². The molecule has 0 saturated heterocycles. The zero-order valence-corrected chi connectivity index (χ0v) is 12.5. The number of nitrogens with zero attached hydrogens (tertiary/aromatic N) is 2. The molecule has 104 valence electrons. The number of hydrogen-bond donors (Lipinski definition) is 0. The molecule has 2 heteroatoms. The van der Waals surface area contributed by atoms with Crippen LogP contribution in [0.5, 0.6) is 0 Å². The van der Waals surface area contributed by atoms with Crippen LogP contribution in [0.25, 0.3) is 0 Å². The summed E-state index contributed by atoms with van der Waals surface area (Å²) in [6.07, 6.45) is 4.08. The molecule has 0 aliphatic carbocycles. The topological polar surface area (TPSA) is 27.0 Å². The van der Waals surface area contributed by atoms with Crippen molar-refractivity contribution in [1.82, 2.24) is 4.90 Å². The Morgan fingerprint density at radius 2 is 1.89 bits per heavy atom. The van der Waals surface area contributed by atoms with E-state index in [1.807, 2.05) is 6.07 Å². The van der Waals surface area contributed by atoms with E-state index in [1.54, 1.807) is 0 Å². The Bertz CT molecular complexity index is 380. The van der Waals surface area contributed by atoms with Gasteiger partial charge in [0.2, 0.25) is 0 Å². The second kappa shape index (κ2) is 8.72. The Morgan fingerprint density at radius 3 is 2.42 bits per heavy atom. The summed E-state index contributed by atoms with van der Waals surface area (Å²) in [5.41, 5.74) is 1.26. The molecule has 1 aromatic carbocycles. The first-order valence-corrected chi connectivity index (χ1v) is 7.42. The van der Waals surface area contributed by atoms with Crippen molar-refractivity contribution in [3.8, 4) is 6.07 Å². The molecular weight excluding hydrogens is 232 g/mol. The molecule has 0 heterocycles. The van der Waals surface area contributed by atoms with Crippen LogP contribution in [-0.4, -0.2) is 17.5 Å². The molecule has 0 radical (unpaired) electrons. The fraction of sp³-hybridized carbons (Fsp3) is 0.588. The molecule has 2 nitrogen and oxygen atoms in total. The average molecular weight is 258 g/mol. The maximum absolute atomic E-state index is 9.15. The molecule has 0 aliphatic rings. The third-order valence-corrected chi connectivity index (χ3v) is 3.80. The number of nitriles is 1. The summed E-state index contributed by atoms with van der Waals surface area (Å²) in [7, 11) is 0. The molecule has 0 aromatic heterocycles. The first kappa shape index (κ1) is 15.7. The van der Waals surface area contributed by atoms with Crippen LogP contribution in [0.15, 0.2) is 30.3 Å². The predicted molar refractivity (Wildman–Crippen MR) is 80.8 cm³/mol. The van der Waals surface area contributed by atoms with Gasteiger partial charge in [-0.15, -0.1) is 0 Å². The van der Waals surface area contributed by atoms with Gasteiger partial charge in [-0.05, 0) is 31.9 Å². The lowest BCUT2D eigenvalue weighted by Crippen LogP contribution is -2.37. The Labute approximate surface area is 118 Å². The van der Waals surface area contributed by atoms with Crippen LogP contribution < -0.4 is 0 Å². The minimum absolute atomic E-state index is 0.229. The zero-order valence-electron chi connectivity index (χ0n) is 12.5. The Kier molecular flexibility index (Phi) is 7.22. The molecule has 0 amide bonds. The molecule has 0 fully saturated rings. The van der Waals surface area contributed by atoms with Gasteiger partial charge in [-0.25, -0.2) is 0 Å². The van der Waals surface area contributed by atoms with Crippen LogP contribution in [0.1, 0.15) is 58.1 Å². The van der Waals surface area contributed by atoms with E-state index in [0.29, 0.717) is 12.5 Å². The lowest BCUT2D eigenvalue weighted by Gasteiger charge is -2.35. The van der Waals surface area contributed by atoms with E-state index in [9.17, 15) is 0 Å². The summed E-state index contributed by atoms with van der Waals surface area (Å²) in [5, 5.41) is 9.15. The van der Waals surface area contributed by atoms with E-state index < -0.39 is 0 Å². The van der Waals surface area contributed by atoms with Crippen molar-refractivity contribution in [3.05, 3.63) is 35.9 Å². The van der Waals surface area contributed by atoms with Crippen molar-refractivity contribution in [1.29, 1.82) is 5.26 Å². The van der Waals surface area contributed by atoms with Gasteiger partial charge >= 0.3 is 0 Å². The fourth-order valence-electron chi connectivity index (χ4n) is 2.45. The molecule has 2 unspecified atom stereocenters. The summed E-state index contributed by atoms with van der Waals surface area (Å²) in [5.74, 6) is 0. The van der Waals surface area contributed by atoms with Crippen LogP contribution in [0.4, 0.5) is 0 Å². The van der Waals surface area contributed by atoms with Gasteiger partial charge in [-0.1, -0.05) is 50.6 Å². The molecule has 0 bridgehead atoms. The van der Waals surface area contributed by atoms with Gasteiger partial charge in [0, 0.05) is 12.1 Å². The van der Waals surface area contributed by atoms with Crippen molar-refractivity contribution >= 4 is 0 Å². The number of hydrogen-bond acceptors (Lipinski definition) is 2. The van der Waals surface area contributed by atoms with Gasteiger partial charge < -0.3 is 0 Å². The maximum atomic E-state index is 9.15. The highest BCUT2D eigenvalue weighted by molar-refractivity contribution is 5.20. The number of rotatable bonds is 8. The quantitative estimate of drug-likeness (QED) is 0.684. The zero-order chi connectivity index (χ0) is 14.1. The van der Waals surface area contributed by atoms with Crippen LogP contribution in [0.3, 0.4) is 0 Å². The third-order valence-electron chi connectivity index (χ3n) is 3.80. The van der Waals surface area contributed by atoms with Gasteiger partial charge in [0.1, 0.15) is 0 Å². The Balaban J connectivity index is 2.94. The molecule has 0 aliphatic heterocycles. The lowest BCUT2D eigenvalue weighted by atomic mass is 9.99. The van der Waals surface area contributed by atoms with E-state index >= 15 is 0 Å². The van der Waals surface area contributed by atoms with Gasteiger partial charge in [-0.2, -0.15) is 5.26 Å². The molecule has 0 saturated carbocycles. The summed E-state index contributed by atoms with van der Waals surface area (Å²) >= 11 is 0. The highest BCUT2D eigenvalue weighted by atomic mass is 15.2. The first-order valence-electron chi connectivity index (χ1n) is 7.42. The van der Waals surface area contributed by atoms with Crippen molar-refractivity contribution in [3.63, 3.8) is 0 Å². The summed E-state index contributed by atoms with van der Waals surface area (Å²) in [4.78, 5) is 2.50. The van der Waals surface area contributed by atoms with E-state index in [1.165, 1.54) is 18.4 Å². The second-order valence-corrected chi connectivity index (χ2v) is 5.14. The molecule has 2 atom stereocenters. The largest absolute Gasteiger partial charge is 0.293 e. The minimum Gasteiger partial charge on any atom is -0.293 e. The van der Waals surface area contributed by atoms with Crippen LogP contribution in [0, 0.1) is 11.3 Å². The normalized spacial score (nSPS) is 14.1. The molecule has 1 aromatic rings. The molecule has 0 spiro atoms. The van der Waals surface area contributed by atoms with Gasteiger partial charge in [0.25, 0.3) is 0 Å². The van der Waals surface area contributed by atoms with Crippen molar-refractivity contribution in [2.75, 3.05) is 6.54 Å². The van der Waals surface area contributed by atoms with Crippen LogP contribution in [0.2, 0.25) is 0 Å². The predicted octanol–water partition coefficient (Wildman–Crippen LogP) is 4.54. The smallest absolute Gasteiger partial charge is 0.0641 e. The number of unbranched alkanes of at least 4 members (excludes halogenated alkanes) is 1. The Hall–Kier alpha value is -1.33. The summed E-state index contributed by atoms with van der Waals surface area (Å²) in [6, 6.07) is 13.6. The fourth-order valence-corrected chi connectivity index (χ4v) is 2.45. The third kappa shape index (κ3) is 4.69. The Morgan fingerprint density at radius 1 is 1.21 bits per heavy atom. The van der Waals surface area contributed by atoms with Gasteiger partial charge in [0.05, 0.1) is 12.5 Å². The van der Waals surface area contributed by atoms with Crippen LogP contribution >= 0.6 is 0 Å². The highest BCUT2D eigenvalue weighted by Crippen LogP contribution is 2.27. The first-order chi connectivity index (χ1) is 9.24. The van der Waals surface area contributed by atoms with Gasteiger partial charge in [-0.3, -0.25) is 4.90 Å². The van der Waals surface area contributed by atoms with Gasteiger partial charge in [0.15, 0.2) is 0 Å². The molecule has 19 heavy (non-hydrogen) atoms. The second-order valence-electron chi connectivity index (χ2n) is 5.14. The number of benzene rings is 1. The molecule has 0 N–H and O–H groups in total. The van der Waals surface area contributed by atoms with E-state index in [-0.39, 0.29) is 6.04 Å². The summed E-state index contributed by atoms with van der Waals surface area (Å²) < 4.78 is 0. The van der Waals surface area contributed by atoms with E-state index in [0.717, 1.165) is 13.0 Å².